The molecule has 0 atom stereocenters. The van der Waals surface area contributed by atoms with Crippen LogP contribution in [0.3, 0.4) is 0 Å². The van der Waals surface area contributed by atoms with Gasteiger partial charge in [0.25, 0.3) is 0 Å². The Bertz CT molecular complexity index is 290. The van der Waals surface area contributed by atoms with Gasteiger partial charge in [0.15, 0.2) is 5.96 Å². The van der Waals surface area contributed by atoms with Gasteiger partial charge in [-0.05, 0) is 38.5 Å². The molecule has 1 rings (SSSR count). The fraction of sp³-hybridized carbons (Fsp3) is 0.938. The quantitative estimate of drug-likeness (QED) is 0.229. The van der Waals surface area contributed by atoms with Gasteiger partial charge in [-0.25, -0.2) is 0 Å². The molecule has 22 heavy (non-hydrogen) atoms. The van der Waals surface area contributed by atoms with Gasteiger partial charge >= 0.3 is 0 Å². The number of aliphatic imine (C=N–C) groups is 1. The van der Waals surface area contributed by atoms with E-state index in [2.05, 4.69) is 17.6 Å². The number of aliphatic hydroxyl groups excluding tert-OH is 1. The zero-order chi connectivity index (χ0) is 15.4. The molecule has 1 saturated carbocycles. The van der Waals surface area contributed by atoms with Crippen molar-refractivity contribution in [3.05, 3.63) is 0 Å². The minimum Gasteiger partial charge on any atom is -0.396 e. The third kappa shape index (κ3) is 8.53. The summed E-state index contributed by atoms with van der Waals surface area (Å²) in [5.74, 6) is 0.861. The van der Waals surface area contributed by atoms with Crippen LogP contribution < -0.4 is 10.6 Å². The van der Waals surface area contributed by atoms with Crippen LogP contribution in [0.5, 0.6) is 0 Å². The number of nitrogens with zero attached hydrogens (tertiary/aromatic N) is 1. The van der Waals surface area contributed by atoms with Crippen LogP contribution >= 0.6 is 24.0 Å². The van der Waals surface area contributed by atoms with Gasteiger partial charge < -0.3 is 20.5 Å². The van der Waals surface area contributed by atoms with Gasteiger partial charge in [-0.3, -0.25) is 4.99 Å². The van der Waals surface area contributed by atoms with Crippen molar-refractivity contribution in [2.75, 3.05) is 39.5 Å². The predicted octanol–water partition coefficient (Wildman–Crippen LogP) is 2.53. The van der Waals surface area contributed by atoms with Gasteiger partial charge in [-0.1, -0.05) is 19.3 Å². The molecular formula is C16H34IN3O2. The van der Waals surface area contributed by atoms with Crippen LogP contribution in [-0.2, 0) is 4.74 Å². The molecule has 0 aliphatic heterocycles. The van der Waals surface area contributed by atoms with Crippen LogP contribution in [0.2, 0.25) is 0 Å². The lowest BCUT2D eigenvalue weighted by Crippen LogP contribution is -2.40. The predicted molar refractivity (Wildman–Crippen MR) is 103 cm³/mol. The molecular weight excluding hydrogens is 393 g/mol. The monoisotopic (exact) mass is 427 g/mol. The second-order valence-corrected chi connectivity index (χ2v) is 5.85. The van der Waals surface area contributed by atoms with E-state index in [1.54, 1.807) is 0 Å². The van der Waals surface area contributed by atoms with Crippen LogP contribution in [0.15, 0.2) is 4.99 Å². The molecule has 0 amide bonds. The van der Waals surface area contributed by atoms with Gasteiger partial charge in [-0.2, -0.15) is 0 Å². The van der Waals surface area contributed by atoms with Gasteiger partial charge in [0.05, 0.1) is 6.61 Å². The van der Waals surface area contributed by atoms with E-state index in [4.69, 9.17) is 9.73 Å². The molecule has 0 saturated heterocycles. The Morgan fingerprint density at radius 1 is 1.18 bits per heavy atom. The molecule has 0 heterocycles. The molecule has 1 aliphatic rings. The SMILES string of the molecule is CCNC(=NCC1(CCO)CCCCC1)NCCOCC.I. The number of hydrogen-bond donors (Lipinski definition) is 3. The normalized spacial score (nSPS) is 17.7. The Morgan fingerprint density at radius 2 is 1.91 bits per heavy atom. The summed E-state index contributed by atoms with van der Waals surface area (Å²) in [6.07, 6.45) is 7.11. The summed E-state index contributed by atoms with van der Waals surface area (Å²) in [4.78, 5) is 4.75. The highest BCUT2D eigenvalue weighted by molar-refractivity contribution is 14.0. The van der Waals surface area contributed by atoms with E-state index < -0.39 is 0 Å². The number of hydrogen-bond acceptors (Lipinski definition) is 3. The van der Waals surface area contributed by atoms with Gasteiger partial charge in [0, 0.05) is 32.8 Å². The highest BCUT2D eigenvalue weighted by Gasteiger charge is 2.31. The summed E-state index contributed by atoms with van der Waals surface area (Å²) in [5, 5.41) is 15.9. The summed E-state index contributed by atoms with van der Waals surface area (Å²) < 4.78 is 5.34. The highest BCUT2D eigenvalue weighted by Crippen LogP contribution is 2.39. The fourth-order valence-corrected chi connectivity index (χ4v) is 3.00. The van der Waals surface area contributed by atoms with Crippen molar-refractivity contribution < 1.29 is 9.84 Å². The first kappa shape index (κ1) is 21.9. The summed E-state index contributed by atoms with van der Waals surface area (Å²) in [7, 11) is 0. The number of halogens is 1. The highest BCUT2D eigenvalue weighted by atomic mass is 127. The first-order valence-corrected chi connectivity index (χ1v) is 8.47. The van der Waals surface area contributed by atoms with Crippen molar-refractivity contribution in [1.82, 2.24) is 10.6 Å². The molecule has 1 aliphatic carbocycles. The van der Waals surface area contributed by atoms with Gasteiger partial charge in [-0.15, -0.1) is 24.0 Å². The zero-order valence-corrected chi connectivity index (χ0v) is 16.5. The molecule has 0 aromatic rings. The molecule has 0 bridgehead atoms. The summed E-state index contributed by atoms with van der Waals surface area (Å²) >= 11 is 0. The van der Waals surface area contributed by atoms with Crippen molar-refractivity contribution in [1.29, 1.82) is 0 Å². The summed E-state index contributed by atoms with van der Waals surface area (Å²) in [6.45, 7) is 8.21. The summed E-state index contributed by atoms with van der Waals surface area (Å²) in [6, 6.07) is 0. The number of ether oxygens (including phenoxy) is 1. The van der Waals surface area contributed by atoms with Crippen molar-refractivity contribution in [2.45, 2.75) is 52.4 Å². The van der Waals surface area contributed by atoms with E-state index in [1.165, 1.54) is 32.1 Å². The molecule has 132 valence electrons. The molecule has 0 aromatic heterocycles. The maximum atomic E-state index is 9.36. The van der Waals surface area contributed by atoms with E-state index >= 15 is 0 Å². The molecule has 3 N–H and O–H groups in total. The standard InChI is InChI=1S/C16H33N3O2.HI/c1-3-17-15(18-11-13-21-4-2)19-14-16(10-12-20)8-6-5-7-9-16;/h20H,3-14H2,1-2H3,(H2,17,18,19);1H. The average molecular weight is 427 g/mol. The lowest BCUT2D eigenvalue weighted by Gasteiger charge is -2.35. The Labute approximate surface area is 152 Å². The maximum Gasteiger partial charge on any atom is 0.191 e. The van der Waals surface area contributed by atoms with Crippen molar-refractivity contribution >= 4 is 29.9 Å². The Balaban J connectivity index is 0.00000441. The van der Waals surface area contributed by atoms with Crippen LogP contribution in [-0.4, -0.2) is 50.5 Å². The van der Waals surface area contributed by atoms with Crippen LogP contribution in [0, 0.1) is 5.41 Å². The summed E-state index contributed by atoms with van der Waals surface area (Å²) in [5.41, 5.74) is 0.204. The second-order valence-electron chi connectivity index (χ2n) is 5.85. The van der Waals surface area contributed by atoms with Gasteiger partial charge in [0.2, 0.25) is 0 Å². The second kappa shape index (κ2) is 13.4. The number of rotatable bonds is 9. The van der Waals surface area contributed by atoms with E-state index in [1.807, 2.05) is 6.92 Å². The molecule has 5 nitrogen and oxygen atoms in total. The fourth-order valence-electron chi connectivity index (χ4n) is 3.00. The topological polar surface area (TPSA) is 65.9 Å². The molecule has 6 heteroatoms. The minimum atomic E-state index is 0. The van der Waals surface area contributed by atoms with Crippen LogP contribution in [0.1, 0.15) is 52.4 Å². The van der Waals surface area contributed by atoms with Crippen molar-refractivity contribution in [2.24, 2.45) is 10.4 Å². The molecule has 0 spiro atoms. The maximum absolute atomic E-state index is 9.36. The number of aliphatic hydroxyl groups is 1. The van der Waals surface area contributed by atoms with E-state index in [-0.39, 0.29) is 36.0 Å². The average Bonchev–Trinajstić information content (AvgIpc) is 2.50. The first-order valence-electron chi connectivity index (χ1n) is 8.47. The number of nitrogens with one attached hydrogen (secondary N) is 2. The van der Waals surface area contributed by atoms with Crippen molar-refractivity contribution in [3.8, 4) is 0 Å². The number of guanidine groups is 1. The third-order valence-corrected chi connectivity index (χ3v) is 4.22. The van der Waals surface area contributed by atoms with E-state index in [0.717, 1.165) is 38.6 Å². The lowest BCUT2D eigenvalue weighted by molar-refractivity contribution is 0.137. The molecule has 0 aromatic carbocycles. The minimum absolute atomic E-state index is 0. The Hall–Kier alpha value is -0.0800. The Kier molecular flexibility index (Phi) is 13.3. The van der Waals surface area contributed by atoms with Crippen molar-refractivity contribution in [3.63, 3.8) is 0 Å². The largest absolute Gasteiger partial charge is 0.396 e. The molecule has 0 unspecified atom stereocenters. The first-order chi connectivity index (χ1) is 10.3. The van der Waals surface area contributed by atoms with E-state index in [9.17, 15) is 5.11 Å². The van der Waals surface area contributed by atoms with Gasteiger partial charge in [0.1, 0.15) is 0 Å². The zero-order valence-electron chi connectivity index (χ0n) is 14.2. The Morgan fingerprint density at radius 3 is 2.50 bits per heavy atom. The third-order valence-electron chi connectivity index (χ3n) is 4.22. The van der Waals surface area contributed by atoms with Crippen LogP contribution in [0.25, 0.3) is 0 Å². The van der Waals surface area contributed by atoms with Crippen LogP contribution in [0.4, 0.5) is 0 Å². The smallest absolute Gasteiger partial charge is 0.191 e. The molecule has 1 fully saturated rings. The molecule has 0 radical (unpaired) electrons. The lowest BCUT2D eigenvalue weighted by atomic mass is 9.72. The van der Waals surface area contributed by atoms with E-state index in [0.29, 0.717) is 6.61 Å².